The maximum atomic E-state index is 4.67. The predicted molar refractivity (Wildman–Crippen MR) is 87.4 cm³/mol. The minimum atomic E-state index is 0.815. The minimum Gasteiger partial charge on any atom is -0.370 e. The number of rotatable bonds is 8. The second kappa shape index (κ2) is 7.55. The van der Waals surface area contributed by atoms with Gasteiger partial charge in [0.1, 0.15) is 16.5 Å². The van der Waals surface area contributed by atoms with Gasteiger partial charge in [-0.05, 0) is 38.4 Å². The molecule has 2 aromatic rings. The Labute approximate surface area is 125 Å². The maximum Gasteiger partial charge on any atom is 0.146 e. The van der Waals surface area contributed by atoms with Crippen molar-refractivity contribution in [2.45, 2.75) is 39.7 Å². The third kappa shape index (κ3) is 3.90. The van der Waals surface area contributed by atoms with E-state index in [2.05, 4.69) is 52.5 Å². The molecular formula is C15H24N4S. The predicted octanol–water partition coefficient (Wildman–Crippen LogP) is 3.75. The van der Waals surface area contributed by atoms with Gasteiger partial charge < -0.3 is 5.32 Å². The maximum absolute atomic E-state index is 4.67. The van der Waals surface area contributed by atoms with E-state index in [1.165, 1.54) is 19.3 Å². The number of aromatic nitrogens is 2. The fourth-order valence-corrected chi connectivity index (χ4v) is 3.01. The Morgan fingerprint density at radius 1 is 1.25 bits per heavy atom. The largest absolute Gasteiger partial charge is 0.370 e. The van der Waals surface area contributed by atoms with Crippen LogP contribution in [0.3, 0.4) is 0 Å². The highest BCUT2D eigenvalue weighted by Crippen LogP contribution is 2.25. The minimum absolute atomic E-state index is 0.815. The summed E-state index contributed by atoms with van der Waals surface area (Å²) in [6.07, 6.45) is 3.79. The number of anilines is 1. The van der Waals surface area contributed by atoms with E-state index in [9.17, 15) is 0 Å². The van der Waals surface area contributed by atoms with Crippen LogP contribution in [0.2, 0.25) is 0 Å². The number of unbranched alkanes of at least 4 members (excludes halogenated alkanes) is 2. The van der Waals surface area contributed by atoms with Crippen LogP contribution in [0.15, 0.2) is 11.4 Å². The smallest absolute Gasteiger partial charge is 0.146 e. The Morgan fingerprint density at radius 3 is 2.85 bits per heavy atom. The van der Waals surface area contributed by atoms with E-state index in [1.807, 2.05) is 0 Å². The summed E-state index contributed by atoms with van der Waals surface area (Å²) in [5, 5.41) is 6.55. The highest BCUT2D eigenvalue weighted by molar-refractivity contribution is 7.16. The van der Waals surface area contributed by atoms with Gasteiger partial charge in [-0.3, -0.25) is 4.90 Å². The number of fused-ring (bicyclic) bond motifs is 1. The number of hydrogen-bond donors (Lipinski definition) is 1. The molecule has 4 nitrogen and oxygen atoms in total. The zero-order valence-electron chi connectivity index (χ0n) is 12.6. The van der Waals surface area contributed by atoms with Crippen LogP contribution in [0.1, 0.15) is 38.9 Å². The van der Waals surface area contributed by atoms with Gasteiger partial charge in [-0.2, -0.15) is 0 Å². The van der Waals surface area contributed by atoms with Crippen LogP contribution < -0.4 is 5.32 Å². The molecule has 5 heteroatoms. The number of hydrogen-bond acceptors (Lipinski definition) is 5. The molecule has 0 aliphatic carbocycles. The summed E-state index contributed by atoms with van der Waals surface area (Å²) in [5.74, 6) is 1.88. The summed E-state index contributed by atoms with van der Waals surface area (Å²) in [6.45, 7) is 7.13. The van der Waals surface area contributed by atoms with Crippen molar-refractivity contribution in [3.63, 3.8) is 0 Å². The molecule has 20 heavy (non-hydrogen) atoms. The van der Waals surface area contributed by atoms with Crippen molar-refractivity contribution in [1.29, 1.82) is 0 Å². The summed E-state index contributed by atoms with van der Waals surface area (Å²) in [4.78, 5) is 12.7. The average Bonchev–Trinajstić information content (AvgIpc) is 2.88. The molecule has 0 atom stereocenters. The number of nitrogens with zero attached hydrogens (tertiary/aromatic N) is 3. The quantitative estimate of drug-likeness (QED) is 0.752. The Balaban J connectivity index is 2.09. The van der Waals surface area contributed by atoms with E-state index in [0.29, 0.717) is 0 Å². The lowest BCUT2D eigenvalue weighted by Gasteiger charge is -2.16. The molecule has 2 aromatic heterocycles. The van der Waals surface area contributed by atoms with Crippen molar-refractivity contribution in [3.05, 3.63) is 17.3 Å². The lowest BCUT2D eigenvalue weighted by Crippen LogP contribution is -2.21. The van der Waals surface area contributed by atoms with Crippen molar-refractivity contribution in [2.75, 3.05) is 25.5 Å². The van der Waals surface area contributed by atoms with Gasteiger partial charge in [0.25, 0.3) is 0 Å². The van der Waals surface area contributed by atoms with Gasteiger partial charge in [0.05, 0.1) is 11.9 Å². The van der Waals surface area contributed by atoms with Gasteiger partial charge in [-0.1, -0.05) is 19.8 Å². The summed E-state index contributed by atoms with van der Waals surface area (Å²) in [7, 11) is 2.14. The van der Waals surface area contributed by atoms with Crippen LogP contribution in [0.5, 0.6) is 0 Å². The first-order valence-electron chi connectivity index (χ1n) is 7.41. The van der Waals surface area contributed by atoms with Crippen LogP contribution in [-0.4, -0.2) is 35.0 Å². The van der Waals surface area contributed by atoms with Crippen molar-refractivity contribution in [3.8, 4) is 0 Å². The standard InChI is InChI=1S/C15H24N4S/c1-4-6-7-9-19(3)11-13-17-14(16-5-2)12-8-10-20-15(12)18-13/h8,10H,4-7,9,11H2,1-3H3,(H,16,17,18). The molecule has 0 spiro atoms. The van der Waals surface area contributed by atoms with E-state index in [4.69, 9.17) is 0 Å². The fourth-order valence-electron chi connectivity index (χ4n) is 2.22. The molecule has 2 rings (SSSR count). The molecule has 0 fully saturated rings. The second-order valence-corrected chi connectivity index (χ2v) is 6.00. The normalized spacial score (nSPS) is 11.4. The Kier molecular flexibility index (Phi) is 5.73. The molecule has 110 valence electrons. The molecule has 1 N–H and O–H groups in total. The van der Waals surface area contributed by atoms with Gasteiger partial charge in [0, 0.05) is 6.54 Å². The van der Waals surface area contributed by atoms with Crippen LogP contribution in [0, 0.1) is 0 Å². The molecule has 0 bridgehead atoms. The van der Waals surface area contributed by atoms with Gasteiger partial charge >= 0.3 is 0 Å². The second-order valence-electron chi connectivity index (χ2n) is 5.10. The number of thiophene rings is 1. The van der Waals surface area contributed by atoms with Crippen LogP contribution >= 0.6 is 11.3 Å². The third-order valence-electron chi connectivity index (χ3n) is 3.27. The van der Waals surface area contributed by atoms with Crippen molar-refractivity contribution < 1.29 is 0 Å². The third-order valence-corrected chi connectivity index (χ3v) is 4.08. The summed E-state index contributed by atoms with van der Waals surface area (Å²) in [5.41, 5.74) is 0. The Bertz CT molecular complexity index is 538. The first-order valence-corrected chi connectivity index (χ1v) is 8.29. The lowest BCUT2D eigenvalue weighted by atomic mass is 10.2. The first-order chi connectivity index (χ1) is 9.74. The topological polar surface area (TPSA) is 41.1 Å². The van der Waals surface area contributed by atoms with E-state index in [-0.39, 0.29) is 0 Å². The SMILES string of the molecule is CCCCCN(C)Cc1nc(NCC)c2ccsc2n1. The zero-order valence-corrected chi connectivity index (χ0v) is 13.5. The van der Waals surface area contributed by atoms with Crippen LogP contribution in [-0.2, 0) is 6.54 Å². The van der Waals surface area contributed by atoms with Crippen molar-refractivity contribution >= 4 is 27.4 Å². The first kappa shape index (κ1) is 15.2. The lowest BCUT2D eigenvalue weighted by molar-refractivity contribution is 0.311. The van der Waals surface area contributed by atoms with E-state index in [0.717, 1.165) is 41.5 Å². The molecule has 0 amide bonds. The molecule has 0 saturated heterocycles. The van der Waals surface area contributed by atoms with Crippen LogP contribution in [0.4, 0.5) is 5.82 Å². The molecular weight excluding hydrogens is 268 g/mol. The molecule has 0 unspecified atom stereocenters. The zero-order chi connectivity index (χ0) is 14.4. The van der Waals surface area contributed by atoms with Gasteiger partial charge in [-0.25, -0.2) is 9.97 Å². The average molecular weight is 292 g/mol. The Morgan fingerprint density at radius 2 is 2.10 bits per heavy atom. The van der Waals surface area contributed by atoms with E-state index >= 15 is 0 Å². The summed E-state index contributed by atoms with van der Waals surface area (Å²) < 4.78 is 0. The fraction of sp³-hybridized carbons (Fsp3) is 0.600. The number of nitrogens with one attached hydrogen (secondary N) is 1. The van der Waals surface area contributed by atoms with E-state index < -0.39 is 0 Å². The van der Waals surface area contributed by atoms with Gasteiger partial charge in [-0.15, -0.1) is 11.3 Å². The monoisotopic (exact) mass is 292 g/mol. The molecule has 0 aliphatic heterocycles. The molecule has 2 heterocycles. The summed E-state index contributed by atoms with van der Waals surface area (Å²) >= 11 is 1.68. The van der Waals surface area contributed by atoms with Crippen LogP contribution in [0.25, 0.3) is 10.2 Å². The molecule has 0 radical (unpaired) electrons. The molecule has 0 aromatic carbocycles. The molecule has 0 saturated carbocycles. The van der Waals surface area contributed by atoms with Crippen molar-refractivity contribution in [2.24, 2.45) is 0 Å². The molecule has 0 aliphatic rings. The van der Waals surface area contributed by atoms with Gasteiger partial charge in [0.15, 0.2) is 0 Å². The highest BCUT2D eigenvalue weighted by Gasteiger charge is 2.10. The van der Waals surface area contributed by atoms with Gasteiger partial charge in [0.2, 0.25) is 0 Å². The van der Waals surface area contributed by atoms with Crippen molar-refractivity contribution in [1.82, 2.24) is 14.9 Å². The summed E-state index contributed by atoms with van der Waals surface area (Å²) in [6, 6.07) is 2.09. The van der Waals surface area contributed by atoms with E-state index in [1.54, 1.807) is 11.3 Å². The Hall–Kier alpha value is -1.20. The highest BCUT2D eigenvalue weighted by atomic mass is 32.1.